The van der Waals surface area contributed by atoms with E-state index < -0.39 is 0 Å². The van der Waals surface area contributed by atoms with Crippen molar-refractivity contribution in [1.82, 2.24) is 19.8 Å². The van der Waals surface area contributed by atoms with Crippen molar-refractivity contribution < 1.29 is 4.79 Å². The third kappa shape index (κ3) is 4.18. The Morgan fingerprint density at radius 2 is 1.96 bits per heavy atom. The van der Waals surface area contributed by atoms with Gasteiger partial charge in [0.2, 0.25) is 0 Å². The molecule has 138 valence electrons. The molecule has 1 aromatic rings. The minimum atomic E-state index is 0.159. The first kappa shape index (κ1) is 16.9. The van der Waals surface area contributed by atoms with Crippen molar-refractivity contribution in [2.45, 2.75) is 77.3 Å². The Morgan fingerprint density at radius 3 is 2.72 bits per heavy atom. The van der Waals surface area contributed by atoms with Gasteiger partial charge in [0.05, 0.1) is 0 Å². The van der Waals surface area contributed by atoms with Crippen LogP contribution in [-0.4, -0.2) is 39.6 Å². The highest BCUT2D eigenvalue weighted by atomic mass is 16.2. The van der Waals surface area contributed by atoms with E-state index in [0.29, 0.717) is 12.0 Å². The molecular formula is C20H32N4O. The van der Waals surface area contributed by atoms with Crippen molar-refractivity contribution in [2.75, 3.05) is 13.1 Å². The second kappa shape index (κ2) is 7.38. The van der Waals surface area contributed by atoms with Crippen LogP contribution < -0.4 is 5.32 Å². The molecule has 3 fully saturated rings. The van der Waals surface area contributed by atoms with Crippen LogP contribution in [0.4, 0.5) is 4.79 Å². The van der Waals surface area contributed by atoms with Crippen molar-refractivity contribution in [3.63, 3.8) is 0 Å². The summed E-state index contributed by atoms with van der Waals surface area (Å²) in [5, 5.41) is 3.26. The molecule has 2 aliphatic carbocycles. The molecule has 3 aliphatic rings. The Hall–Kier alpha value is -1.52. The van der Waals surface area contributed by atoms with Gasteiger partial charge in [0.25, 0.3) is 0 Å². The molecule has 1 unspecified atom stereocenters. The van der Waals surface area contributed by atoms with E-state index in [4.69, 9.17) is 0 Å². The fourth-order valence-corrected chi connectivity index (χ4v) is 4.44. The van der Waals surface area contributed by atoms with E-state index in [1.807, 2.05) is 11.1 Å². The van der Waals surface area contributed by atoms with Gasteiger partial charge in [-0.3, -0.25) is 0 Å². The maximum Gasteiger partial charge on any atom is 0.317 e. The van der Waals surface area contributed by atoms with Gasteiger partial charge in [-0.1, -0.05) is 19.3 Å². The fourth-order valence-electron chi connectivity index (χ4n) is 4.44. The van der Waals surface area contributed by atoms with Gasteiger partial charge >= 0.3 is 6.03 Å². The molecule has 4 rings (SSSR count). The predicted molar refractivity (Wildman–Crippen MR) is 98.5 cm³/mol. The number of carbonyl (C=O) groups is 1. The Kier molecular flexibility index (Phi) is 5.00. The van der Waals surface area contributed by atoms with Gasteiger partial charge in [0.1, 0.15) is 5.82 Å². The molecule has 1 aliphatic heterocycles. The van der Waals surface area contributed by atoms with Crippen LogP contribution in [0.1, 0.15) is 62.9 Å². The molecule has 5 heteroatoms. The third-order valence-corrected chi connectivity index (χ3v) is 6.25. The number of urea groups is 1. The van der Waals surface area contributed by atoms with E-state index in [1.165, 1.54) is 43.6 Å². The highest BCUT2D eigenvalue weighted by Crippen LogP contribution is 2.32. The summed E-state index contributed by atoms with van der Waals surface area (Å²) in [6.45, 7) is 5.08. The summed E-state index contributed by atoms with van der Waals surface area (Å²) in [6.07, 6.45) is 13.0. The first-order valence-electron chi connectivity index (χ1n) is 10.3. The van der Waals surface area contributed by atoms with Crippen molar-refractivity contribution >= 4 is 6.03 Å². The van der Waals surface area contributed by atoms with Crippen molar-refractivity contribution in [3.05, 3.63) is 17.7 Å². The normalized spacial score (nSPS) is 24.7. The average molecular weight is 345 g/mol. The van der Waals surface area contributed by atoms with Crippen molar-refractivity contribution in [2.24, 2.45) is 11.8 Å². The second-order valence-corrected chi connectivity index (χ2v) is 8.46. The topological polar surface area (TPSA) is 50.2 Å². The molecule has 1 atom stereocenters. The maximum absolute atomic E-state index is 12.5. The van der Waals surface area contributed by atoms with Crippen LogP contribution in [0, 0.1) is 18.8 Å². The largest absolute Gasteiger partial charge is 0.335 e. The number of carbonyl (C=O) groups excluding carboxylic acids is 1. The third-order valence-electron chi connectivity index (χ3n) is 6.25. The lowest BCUT2D eigenvalue weighted by atomic mass is 9.96. The van der Waals surface area contributed by atoms with Crippen LogP contribution in [-0.2, 0) is 13.0 Å². The summed E-state index contributed by atoms with van der Waals surface area (Å²) >= 11 is 0. The zero-order chi connectivity index (χ0) is 17.2. The smallest absolute Gasteiger partial charge is 0.317 e. The molecule has 25 heavy (non-hydrogen) atoms. The van der Waals surface area contributed by atoms with Crippen LogP contribution in [0.25, 0.3) is 0 Å². The highest BCUT2D eigenvalue weighted by Gasteiger charge is 2.30. The summed E-state index contributed by atoms with van der Waals surface area (Å²) in [4.78, 5) is 19.2. The number of hydrogen-bond donors (Lipinski definition) is 1. The van der Waals surface area contributed by atoms with Gasteiger partial charge in [-0.05, 0) is 50.9 Å². The number of amides is 2. The molecule has 1 aromatic heterocycles. The summed E-state index contributed by atoms with van der Waals surface area (Å²) in [6, 6.07) is 0.562. The van der Waals surface area contributed by atoms with Crippen LogP contribution in [0.3, 0.4) is 0 Å². The number of rotatable bonds is 5. The number of nitrogens with one attached hydrogen (secondary N) is 1. The molecular weight excluding hydrogens is 312 g/mol. The van der Waals surface area contributed by atoms with E-state index in [0.717, 1.165) is 51.2 Å². The number of hydrogen-bond acceptors (Lipinski definition) is 2. The predicted octanol–water partition coefficient (Wildman–Crippen LogP) is 3.51. The number of aromatic nitrogens is 2. The number of likely N-dealkylation sites (tertiary alicyclic amines) is 1. The molecule has 2 saturated carbocycles. The monoisotopic (exact) mass is 344 g/mol. The summed E-state index contributed by atoms with van der Waals surface area (Å²) in [7, 11) is 0. The lowest BCUT2D eigenvalue weighted by Gasteiger charge is -2.26. The molecule has 0 spiro atoms. The molecule has 0 radical (unpaired) electrons. The molecule has 0 bridgehead atoms. The summed E-state index contributed by atoms with van der Waals surface area (Å²) in [5.74, 6) is 2.65. The number of imidazole rings is 1. The van der Waals surface area contributed by atoms with Gasteiger partial charge in [0.15, 0.2) is 0 Å². The van der Waals surface area contributed by atoms with Gasteiger partial charge in [-0.2, -0.15) is 0 Å². The zero-order valence-corrected chi connectivity index (χ0v) is 15.5. The molecule has 5 nitrogen and oxygen atoms in total. The van der Waals surface area contributed by atoms with Crippen LogP contribution >= 0.6 is 0 Å². The van der Waals surface area contributed by atoms with Crippen molar-refractivity contribution in [3.8, 4) is 0 Å². The van der Waals surface area contributed by atoms with E-state index in [-0.39, 0.29) is 6.03 Å². The van der Waals surface area contributed by atoms with E-state index in [2.05, 4.69) is 21.8 Å². The lowest BCUT2D eigenvalue weighted by molar-refractivity contribution is 0.198. The van der Waals surface area contributed by atoms with Crippen LogP contribution in [0.15, 0.2) is 6.20 Å². The number of aryl methyl sites for hydroxylation is 1. The first-order valence-corrected chi connectivity index (χ1v) is 10.3. The fraction of sp³-hybridized carbons (Fsp3) is 0.800. The van der Waals surface area contributed by atoms with Gasteiger partial charge < -0.3 is 14.8 Å². The quantitative estimate of drug-likeness (QED) is 0.889. The Morgan fingerprint density at radius 1 is 1.16 bits per heavy atom. The molecule has 1 saturated heterocycles. The number of nitrogens with zero attached hydrogens (tertiary/aromatic N) is 3. The SMILES string of the molecule is Cc1cnc(CC2CCN(C(=O)NC3CCCCC3)C2)n1CC1CC1. The van der Waals surface area contributed by atoms with E-state index >= 15 is 0 Å². The standard InChI is InChI=1S/C20H32N4O/c1-15-12-21-19(24(15)14-16-7-8-16)11-17-9-10-23(13-17)20(25)22-18-5-3-2-4-6-18/h12,16-18H,2-11,13-14H2,1H3,(H,22,25). The molecule has 2 heterocycles. The molecule has 0 aromatic carbocycles. The first-order chi connectivity index (χ1) is 12.2. The summed E-state index contributed by atoms with van der Waals surface area (Å²) in [5.41, 5.74) is 1.28. The summed E-state index contributed by atoms with van der Waals surface area (Å²) < 4.78 is 2.42. The van der Waals surface area contributed by atoms with Crippen LogP contribution in [0.2, 0.25) is 0 Å². The van der Waals surface area contributed by atoms with Gasteiger partial charge in [-0.25, -0.2) is 9.78 Å². The Bertz CT molecular complexity index is 601. The minimum Gasteiger partial charge on any atom is -0.335 e. The molecule has 1 N–H and O–H groups in total. The van der Waals surface area contributed by atoms with E-state index in [1.54, 1.807) is 0 Å². The maximum atomic E-state index is 12.5. The van der Waals surface area contributed by atoms with Gasteiger partial charge in [-0.15, -0.1) is 0 Å². The highest BCUT2D eigenvalue weighted by molar-refractivity contribution is 5.74. The van der Waals surface area contributed by atoms with E-state index in [9.17, 15) is 4.79 Å². The second-order valence-electron chi connectivity index (χ2n) is 8.46. The van der Waals surface area contributed by atoms with Crippen LogP contribution in [0.5, 0.6) is 0 Å². The molecule has 2 amide bonds. The zero-order valence-electron chi connectivity index (χ0n) is 15.5. The van der Waals surface area contributed by atoms with Crippen molar-refractivity contribution in [1.29, 1.82) is 0 Å². The lowest BCUT2D eigenvalue weighted by Crippen LogP contribution is -2.44. The Balaban J connectivity index is 1.29. The average Bonchev–Trinajstić information content (AvgIpc) is 3.21. The Labute approximate surface area is 151 Å². The van der Waals surface area contributed by atoms with Gasteiger partial charge in [0, 0.05) is 44.0 Å². The minimum absolute atomic E-state index is 0.159.